The first kappa shape index (κ1) is 21.7. The first-order valence-electron chi connectivity index (χ1n) is 10.4. The van der Waals surface area contributed by atoms with Crippen molar-refractivity contribution in [3.63, 3.8) is 0 Å². The molecule has 5 aromatic carbocycles. The molecule has 0 unspecified atom stereocenters. The van der Waals surface area contributed by atoms with E-state index < -0.39 is 5.97 Å². The van der Waals surface area contributed by atoms with Crippen molar-refractivity contribution in [3.8, 4) is 17.2 Å². The largest absolute Gasteiger partial charge is 0.507 e. The lowest BCUT2D eigenvalue weighted by Gasteiger charge is -2.11. The lowest BCUT2D eigenvalue weighted by Crippen LogP contribution is -1.95. The number of rotatable bonds is 3. The number of carboxylic acids is 1. The van der Waals surface area contributed by atoms with Crippen molar-refractivity contribution in [1.82, 2.24) is 0 Å². The van der Waals surface area contributed by atoms with E-state index in [1.807, 2.05) is 72.8 Å². The van der Waals surface area contributed by atoms with E-state index in [-0.39, 0.29) is 22.8 Å². The quantitative estimate of drug-likeness (QED) is 0.273. The second-order valence-electron chi connectivity index (χ2n) is 7.59. The Bertz CT molecular complexity index is 1370. The molecule has 0 amide bonds. The molecule has 5 heteroatoms. The summed E-state index contributed by atoms with van der Waals surface area (Å²) in [6.45, 7) is 0. The van der Waals surface area contributed by atoms with E-state index in [1.165, 1.54) is 12.1 Å². The summed E-state index contributed by atoms with van der Waals surface area (Å²) in [5.74, 6) is -0.737. The minimum absolute atomic E-state index is 0.0671. The summed E-state index contributed by atoms with van der Waals surface area (Å²) in [5, 5.41) is 42.1. The van der Waals surface area contributed by atoms with Crippen LogP contribution in [-0.4, -0.2) is 26.4 Å². The van der Waals surface area contributed by atoms with Crippen molar-refractivity contribution < 1.29 is 25.2 Å². The van der Waals surface area contributed by atoms with Crippen LogP contribution < -0.4 is 0 Å². The number of para-hydroxylation sites is 1. The zero-order valence-corrected chi connectivity index (χ0v) is 17.6. The molecule has 4 N–H and O–H groups in total. The van der Waals surface area contributed by atoms with Crippen molar-refractivity contribution in [3.05, 3.63) is 114 Å². The number of carbonyl (C=O) groups is 1. The van der Waals surface area contributed by atoms with Crippen LogP contribution in [0.15, 0.2) is 97.1 Å². The van der Waals surface area contributed by atoms with Crippen LogP contribution in [0.25, 0.3) is 21.5 Å². The molecule has 0 saturated heterocycles. The third-order valence-electron chi connectivity index (χ3n) is 5.48. The molecular formula is C28H22O5. The smallest absolute Gasteiger partial charge is 0.339 e. The molecule has 0 heterocycles. The van der Waals surface area contributed by atoms with Gasteiger partial charge in [0.25, 0.3) is 0 Å². The Hall–Kier alpha value is -4.51. The number of benzene rings is 5. The number of aromatic hydroxyl groups is 3. The molecule has 0 aliphatic heterocycles. The molecular weight excluding hydrogens is 416 g/mol. The summed E-state index contributed by atoms with van der Waals surface area (Å²) in [7, 11) is 0. The van der Waals surface area contributed by atoms with Crippen LogP contribution in [0.3, 0.4) is 0 Å². The number of hydrogen-bond donors (Lipinski definition) is 4. The number of hydrogen-bond acceptors (Lipinski definition) is 4. The maximum atomic E-state index is 10.5. The van der Waals surface area contributed by atoms with Crippen molar-refractivity contribution in [2.24, 2.45) is 0 Å². The van der Waals surface area contributed by atoms with E-state index in [1.54, 1.807) is 12.1 Å². The molecule has 5 nitrogen and oxygen atoms in total. The highest BCUT2D eigenvalue weighted by Crippen LogP contribution is 2.34. The third kappa shape index (κ3) is 4.57. The Kier molecular flexibility index (Phi) is 6.13. The minimum Gasteiger partial charge on any atom is -0.507 e. The molecule has 0 bridgehead atoms. The Morgan fingerprint density at radius 3 is 1.48 bits per heavy atom. The maximum absolute atomic E-state index is 10.5. The summed E-state index contributed by atoms with van der Waals surface area (Å²) < 4.78 is 0. The van der Waals surface area contributed by atoms with Crippen LogP contribution in [0, 0.1) is 0 Å². The van der Waals surface area contributed by atoms with E-state index in [9.17, 15) is 15.0 Å². The van der Waals surface area contributed by atoms with Gasteiger partial charge in [-0.3, -0.25) is 0 Å². The molecule has 0 aliphatic carbocycles. The monoisotopic (exact) mass is 438 g/mol. The van der Waals surface area contributed by atoms with Crippen molar-refractivity contribution >= 4 is 27.5 Å². The lowest BCUT2D eigenvalue weighted by molar-refractivity contribution is 0.0693. The van der Waals surface area contributed by atoms with Gasteiger partial charge in [-0.25, -0.2) is 4.79 Å². The van der Waals surface area contributed by atoms with Gasteiger partial charge in [-0.2, -0.15) is 0 Å². The second kappa shape index (κ2) is 9.32. The Morgan fingerprint density at radius 2 is 1.03 bits per heavy atom. The fourth-order valence-corrected chi connectivity index (χ4v) is 3.75. The van der Waals surface area contributed by atoms with Gasteiger partial charge >= 0.3 is 5.97 Å². The number of carboxylic acid groups (broad SMARTS) is 1. The van der Waals surface area contributed by atoms with Gasteiger partial charge in [-0.15, -0.1) is 0 Å². The highest BCUT2D eigenvalue weighted by molar-refractivity contribution is 5.91. The number of fused-ring (bicyclic) bond motifs is 2. The summed E-state index contributed by atoms with van der Waals surface area (Å²) >= 11 is 0. The van der Waals surface area contributed by atoms with E-state index in [0.29, 0.717) is 6.42 Å². The van der Waals surface area contributed by atoms with E-state index in [4.69, 9.17) is 10.2 Å². The normalized spacial score (nSPS) is 10.5. The van der Waals surface area contributed by atoms with E-state index >= 15 is 0 Å². The van der Waals surface area contributed by atoms with Crippen molar-refractivity contribution in [2.45, 2.75) is 6.42 Å². The third-order valence-corrected chi connectivity index (χ3v) is 5.48. The fourth-order valence-electron chi connectivity index (χ4n) is 3.75. The zero-order valence-electron chi connectivity index (χ0n) is 17.6. The van der Waals surface area contributed by atoms with Crippen molar-refractivity contribution in [1.29, 1.82) is 0 Å². The molecule has 0 saturated carbocycles. The van der Waals surface area contributed by atoms with Gasteiger partial charge in [-0.05, 0) is 34.0 Å². The molecule has 0 spiro atoms. The van der Waals surface area contributed by atoms with Gasteiger partial charge in [-0.1, -0.05) is 84.9 Å². The Balaban J connectivity index is 0.000000219. The van der Waals surface area contributed by atoms with Gasteiger partial charge < -0.3 is 20.4 Å². The molecule has 0 fully saturated rings. The van der Waals surface area contributed by atoms with Crippen LogP contribution in [0.2, 0.25) is 0 Å². The summed E-state index contributed by atoms with van der Waals surface area (Å²) in [5.41, 5.74) is 1.56. The molecule has 0 radical (unpaired) electrons. The summed E-state index contributed by atoms with van der Waals surface area (Å²) in [4.78, 5) is 10.3. The number of phenols is 3. The molecule has 5 aromatic rings. The van der Waals surface area contributed by atoms with Crippen LogP contribution >= 0.6 is 0 Å². The van der Waals surface area contributed by atoms with Crippen LogP contribution in [0.1, 0.15) is 21.5 Å². The topological polar surface area (TPSA) is 98.0 Å². The second-order valence-corrected chi connectivity index (χ2v) is 7.59. The molecule has 5 rings (SSSR count). The first-order valence-corrected chi connectivity index (χ1v) is 10.4. The van der Waals surface area contributed by atoms with Gasteiger partial charge in [0.1, 0.15) is 22.8 Å². The van der Waals surface area contributed by atoms with E-state index in [2.05, 4.69) is 0 Å². The average Bonchev–Trinajstić information content (AvgIpc) is 2.83. The van der Waals surface area contributed by atoms with Gasteiger partial charge in [0.05, 0.1) is 0 Å². The van der Waals surface area contributed by atoms with Crippen LogP contribution in [-0.2, 0) is 6.42 Å². The molecule has 0 aromatic heterocycles. The van der Waals surface area contributed by atoms with Gasteiger partial charge in [0.2, 0.25) is 0 Å². The minimum atomic E-state index is -1.11. The number of aromatic carboxylic acids is 1. The molecule has 0 atom stereocenters. The molecule has 164 valence electrons. The first-order chi connectivity index (χ1) is 16.0. The Morgan fingerprint density at radius 1 is 0.576 bits per heavy atom. The Labute approximate surface area is 190 Å². The predicted octanol–water partition coefficient (Wildman–Crippen LogP) is 6.09. The fraction of sp³-hybridized carbons (Fsp3) is 0.0357. The summed E-state index contributed by atoms with van der Waals surface area (Å²) in [6, 6.07) is 29.2. The van der Waals surface area contributed by atoms with Crippen LogP contribution in [0.5, 0.6) is 17.2 Å². The van der Waals surface area contributed by atoms with Gasteiger partial charge in [0, 0.05) is 17.2 Å². The molecule has 0 aliphatic rings. The predicted molar refractivity (Wildman–Crippen MR) is 129 cm³/mol. The highest BCUT2D eigenvalue weighted by atomic mass is 16.4. The molecule has 33 heavy (non-hydrogen) atoms. The average molecular weight is 438 g/mol. The summed E-state index contributed by atoms with van der Waals surface area (Å²) in [6.07, 6.45) is 0.493. The van der Waals surface area contributed by atoms with Gasteiger partial charge in [0.15, 0.2) is 0 Å². The highest BCUT2D eigenvalue weighted by Gasteiger charge is 2.11. The van der Waals surface area contributed by atoms with Crippen LogP contribution in [0.4, 0.5) is 0 Å². The zero-order chi connectivity index (χ0) is 23.4. The van der Waals surface area contributed by atoms with Crippen molar-refractivity contribution in [2.75, 3.05) is 0 Å². The SMILES string of the molecule is O=C(O)c1ccccc1O.Oc1c(Cc2ccc3ccccc3c2O)ccc2ccccc12. The number of phenolic OH excluding ortho intramolecular Hbond substituents is 2. The maximum Gasteiger partial charge on any atom is 0.339 e. The van der Waals surface area contributed by atoms with E-state index in [0.717, 1.165) is 32.7 Å². The lowest BCUT2D eigenvalue weighted by atomic mass is 9.97. The standard InChI is InChI=1S/C21H16O2.C7H6O3/c22-20-16(11-9-14-5-1-3-7-18(14)20)13-17-12-10-15-6-2-4-8-19(15)21(17)23;8-6-4-2-1-3-5(6)7(9)10/h1-12,22-23H,13H2;1-4,8H,(H,9,10).